The van der Waals surface area contributed by atoms with E-state index in [-0.39, 0.29) is 12.1 Å². The van der Waals surface area contributed by atoms with E-state index in [0.29, 0.717) is 5.56 Å². The Hall–Kier alpha value is -2.92. The van der Waals surface area contributed by atoms with Crippen molar-refractivity contribution in [1.82, 2.24) is 14.7 Å². The van der Waals surface area contributed by atoms with Gasteiger partial charge < -0.3 is 5.73 Å². The lowest BCUT2D eigenvalue weighted by Crippen LogP contribution is -2.49. The highest BCUT2D eigenvalue weighted by atomic mass is 16.1. The molecule has 5 heteroatoms. The second-order valence-electron chi connectivity index (χ2n) is 6.40. The predicted octanol–water partition coefficient (Wildman–Crippen LogP) is 2.63. The van der Waals surface area contributed by atoms with Crippen molar-refractivity contribution >= 4 is 5.91 Å². The van der Waals surface area contributed by atoms with Crippen LogP contribution >= 0.6 is 0 Å². The van der Waals surface area contributed by atoms with E-state index >= 15 is 0 Å². The zero-order valence-electron chi connectivity index (χ0n) is 13.8. The van der Waals surface area contributed by atoms with Crippen LogP contribution in [0, 0.1) is 0 Å². The number of likely N-dealkylation sites (tertiary alicyclic amines) is 1. The van der Waals surface area contributed by atoms with Crippen molar-refractivity contribution < 1.29 is 4.79 Å². The SMILES string of the molecule is NC(=O)c1cnn(C2CN(C(c3ccccc3)c3ccccc3)C2)c1. The van der Waals surface area contributed by atoms with E-state index in [4.69, 9.17) is 5.73 Å². The maximum absolute atomic E-state index is 11.2. The summed E-state index contributed by atoms with van der Waals surface area (Å²) in [7, 11) is 0. The highest BCUT2D eigenvalue weighted by Gasteiger charge is 2.35. The van der Waals surface area contributed by atoms with Gasteiger partial charge in [-0.15, -0.1) is 0 Å². The van der Waals surface area contributed by atoms with E-state index in [2.05, 4.69) is 58.5 Å². The highest BCUT2D eigenvalue weighted by molar-refractivity contribution is 5.92. The van der Waals surface area contributed by atoms with E-state index in [1.807, 2.05) is 16.8 Å². The number of nitrogens with two attached hydrogens (primary N) is 1. The number of carbonyl (C=O) groups is 1. The highest BCUT2D eigenvalue weighted by Crippen LogP contribution is 2.35. The summed E-state index contributed by atoms with van der Waals surface area (Å²) < 4.78 is 1.85. The number of nitrogens with zero attached hydrogens (tertiary/aromatic N) is 3. The summed E-state index contributed by atoms with van der Waals surface area (Å²) in [6.45, 7) is 1.77. The minimum atomic E-state index is -0.436. The van der Waals surface area contributed by atoms with Gasteiger partial charge in [-0.3, -0.25) is 14.4 Å². The molecule has 0 spiro atoms. The second-order valence-corrected chi connectivity index (χ2v) is 6.40. The van der Waals surface area contributed by atoms with Crippen molar-refractivity contribution in [2.24, 2.45) is 5.73 Å². The molecule has 2 aromatic carbocycles. The zero-order chi connectivity index (χ0) is 17.2. The lowest BCUT2D eigenvalue weighted by atomic mass is 9.93. The number of primary amides is 1. The number of aromatic nitrogens is 2. The van der Waals surface area contributed by atoms with E-state index < -0.39 is 5.91 Å². The van der Waals surface area contributed by atoms with Crippen molar-refractivity contribution in [3.05, 3.63) is 89.7 Å². The topological polar surface area (TPSA) is 64.2 Å². The molecule has 5 nitrogen and oxygen atoms in total. The van der Waals surface area contributed by atoms with Gasteiger partial charge >= 0.3 is 0 Å². The summed E-state index contributed by atoms with van der Waals surface area (Å²) >= 11 is 0. The summed E-state index contributed by atoms with van der Waals surface area (Å²) in [6, 6.07) is 21.6. The summed E-state index contributed by atoms with van der Waals surface area (Å²) in [5.41, 5.74) is 8.34. The van der Waals surface area contributed by atoms with Gasteiger partial charge in [-0.25, -0.2) is 0 Å². The van der Waals surface area contributed by atoms with Crippen LogP contribution in [-0.2, 0) is 0 Å². The molecule has 0 radical (unpaired) electrons. The molecule has 1 fully saturated rings. The van der Waals surface area contributed by atoms with Crippen molar-refractivity contribution in [2.75, 3.05) is 13.1 Å². The first kappa shape index (κ1) is 15.6. The molecular weight excluding hydrogens is 312 g/mol. The van der Waals surface area contributed by atoms with Crippen LogP contribution in [0.3, 0.4) is 0 Å². The predicted molar refractivity (Wildman–Crippen MR) is 96.1 cm³/mol. The Morgan fingerprint density at radius 2 is 1.56 bits per heavy atom. The van der Waals surface area contributed by atoms with Crippen LogP contribution in [0.5, 0.6) is 0 Å². The molecule has 4 rings (SSSR count). The molecular formula is C20H20N4O. The lowest BCUT2D eigenvalue weighted by Gasteiger charge is -2.44. The van der Waals surface area contributed by atoms with Gasteiger partial charge in [0.15, 0.2) is 0 Å². The Bertz CT molecular complexity index is 814. The average molecular weight is 332 g/mol. The number of rotatable bonds is 5. The number of hydrogen-bond acceptors (Lipinski definition) is 3. The molecule has 1 aromatic heterocycles. The van der Waals surface area contributed by atoms with E-state index in [1.165, 1.54) is 17.3 Å². The van der Waals surface area contributed by atoms with Crippen LogP contribution in [-0.4, -0.2) is 33.7 Å². The van der Waals surface area contributed by atoms with E-state index in [0.717, 1.165) is 13.1 Å². The van der Waals surface area contributed by atoms with Gasteiger partial charge in [-0.1, -0.05) is 60.7 Å². The van der Waals surface area contributed by atoms with Gasteiger partial charge in [0, 0.05) is 19.3 Å². The van der Waals surface area contributed by atoms with E-state index in [9.17, 15) is 4.79 Å². The van der Waals surface area contributed by atoms with Crippen molar-refractivity contribution in [3.8, 4) is 0 Å². The van der Waals surface area contributed by atoms with Gasteiger partial charge in [0.25, 0.3) is 5.91 Å². The largest absolute Gasteiger partial charge is 0.366 e. The Kier molecular flexibility index (Phi) is 4.07. The molecule has 0 unspecified atom stereocenters. The van der Waals surface area contributed by atoms with Crippen molar-refractivity contribution in [2.45, 2.75) is 12.1 Å². The molecule has 2 heterocycles. The monoisotopic (exact) mass is 332 g/mol. The van der Waals surface area contributed by atoms with E-state index in [1.54, 1.807) is 6.20 Å². The van der Waals surface area contributed by atoms with Crippen LogP contribution in [0.4, 0.5) is 0 Å². The minimum Gasteiger partial charge on any atom is -0.366 e. The number of amides is 1. The van der Waals surface area contributed by atoms with Crippen molar-refractivity contribution in [3.63, 3.8) is 0 Å². The molecule has 3 aromatic rings. The summed E-state index contributed by atoms with van der Waals surface area (Å²) in [6.07, 6.45) is 3.28. The van der Waals surface area contributed by atoms with Crippen LogP contribution in [0.1, 0.15) is 33.6 Å². The summed E-state index contributed by atoms with van der Waals surface area (Å²) in [5, 5.41) is 4.29. The Morgan fingerprint density at radius 3 is 2.04 bits per heavy atom. The smallest absolute Gasteiger partial charge is 0.251 e. The van der Waals surface area contributed by atoms with Crippen LogP contribution < -0.4 is 5.73 Å². The number of hydrogen-bond donors (Lipinski definition) is 1. The Labute approximate surface area is 146 Å². The quantitative estimate of drug-likeness (QED) is 0.781. The first-order valence-electron chi connectivity index (χ1n) is 8.40. The van der Waals surface area contributed by atoms with Gasteiger partial charge in [-0.05, 0) is 11.1 Å². The number of carbonyl (C=O) groups excluding carboxylic acids is 1. The molecule has 25 heavy (non-hydrogen) atoms. The third-order valence-corrected chi connectivity index (χ3v) is 4.75. The molecule has 0 aliphatic carbocycles. The molecule has 0 atom stereocenters. The van der Waals surface area contributed by atoms with Gasteiger partial charge in [0.1, 0.15) is 0 Å². The fourth-order valence-corrected chi connectivity index (χ4v) is 3.42. The van der Waals surface area contributed by atoms with Gasteiger partial charge in [0.05, 0.1) is 23.8 Å². The Balaban J connectivity index is 1.55. The van der Waals surface area contributed by atoms with Crippen LogP contribution in [0.25, 0.3) is 0 Å². The third kappa shape index (κ3) is 3.06. The normalized spacial score (nSPS) is 15.2. The molecule has 0 bridgehead atoms. The summed E-state index contributed by atoms with van der Waals surface area (Å²) in [5.74, 6) is -0.436. The van der Waals surface area contributed by atoms with Crippen molar-refractivity contribution in [1.29, 1.82) is 0 Å². The second kappa shape index (κ2) is 6.53. The molecule has 1 aliphatic rings. The first-order chi connectivity index (χ1) is 12.2. The molecule has 1 aliphatic heterocycles. The van der Waals surface area contributed by atoms with Crippen LogP contribution in [0.15, 0.2) is 73.1 Å². The maximum atomic E-state index is 11.2. The lowest BCUT2D eigenvalue weighted by molar-refractivity contribution is 0.0681. The molecule has 2 N–H and O–H groups in total. The fraction of sp³-hybridized carbons (Fsp3) is 0.200. The molecule has 1 saturated heterocycles. The van der Waals surface area contributed by atoms with Gasteiger partial charge in [0.2, 0.25) is 0 Å². The number of benzene rings is 2. The Morgan fingerprint density at radius 1 is 1.00 bits per heavy atom. The molecule has 0 saturated carbocycles. The fourth-order valence-electron chi connectivity index (χ4n) is 3.42. The average Bonchev–Trinajstić information content (AvgIpc) is 3.09. The van der Waals surface area contributed by atoms with Crippen LogP contribution in [0.2, 0.25) is 0 Å². The molecule has 1 amide bonds. The zero-order valence-corrected chi connectivity index (χ0v) is 13.8. The van der Waals surface area contributed by atoms with Gasteiger partial charge in [-0.2, -0.15) is 5.10 Å². The standard InChI is InChI=1S/C20H20N4O/c21-20(25)17-11-22-24(12-17)18-13-23(14-18)19(15-7-3-1-4-8-15)16-9-5-2-6-10-16/h1-12,18-19H,13-14H2,(H2,21,25). The summed E-state index contributed by atoms with van der Waals surface area (Å²) in [4.78, 5) is 13.7. The first-order valence-corrected chi connectivity index (χ1v) is 8.40. The minimum absolute atomic E-state index is 0.227. The third-order valence-electron chi connectivity index (χ3n) is 4.75. The molecule has 126 valence electrons. The maximum Gasteiger partial charge on any atom is 0.251 e.